The van der Waals surface area contributed by atoms with Gasteiger partial charge in [-0.1, -0.05) is 53.2 Å². The average Bonchev–Trinajstić information content (AvgIpc) is 2.81. The van der Waals surface area contributed by atoms with Gasteiger partial charge in [0, 0.05) is 16.7 Å². The summed E-state index contributed by atoms with van der Waals surface area (Å²) in [4.78, 5) is 5.31. The van der Waals surface area contributed by atoms with Crippen molar-refractivity contribution in [3.05, 3.63) is 93.5 Å². The molecule has 31 heavy (non-hydrogen) atoms. The van der Waals surface area contributed by atoms with Crippen LogP contribution in [0.3, 0.4) is 0 Å². The Morgan fingerprint density at radius 2 is 1.55 bits per heavy atom. The van der Waals surface area contributed by atoms with E-state index >= 15 is 0 Å². The summed E-state index contributed by atoms with van der Waals surface area (Å²) in [6.07, 6.45) is 1.50. The molecule has 3 rings (SSSR count). The summed E-state index contributed by atoms with van der Waals surface area (Å²) in [6.45, 7) is 0.346. The first-order chi connectivity index (χ1) is 15.2. The first kappa shape index (κ1) is 21.7. The number of hydrogen-bond acceptors (Lipinski definition) is 6. The maximum Gasteiger partial charge on any atom is 0.180 e. The van der Waals surface area contributed by atoms with E-state index in [0.717, 1.165) is 11.1 Å². The van der Waals surface area contributed by atoms with Crippen LogP contribution in [-0.2, 0) is 18.1 Å². The third-order valence-electron chi connectivity index (χ3n) is 4.40. The molecule has 0 heterocycles. The van der Waals surface area contributed by atoms with Gasteiger partial charge in [-0.05, 0) is 24.3 Å². The van der Waals surface area contributed by atoms with Crippen LogP contribution in [0, 0.1) is 22.7 Å². The number of rotatable bonds is 8. The maximum atomic E-state index is 9.21. The third kappa shape index (κ3) is 5.54. The van der Waals surface area contributed by atoms with E-state index in [1.165, 1.54) is 13.3 Å². The summed E-state index contributed by atoms with van der Waals surface area (Å²) >= 11 is 6.39. The zero-order valence-electron chi connectivity index (χ0n) is 16.7. The van der Waals surface area contributed by atoms with Crippen molar-refractivity contribution in [2.24, 2.45) is 5.16 Å². The Balaban J connectivity index is 1.69. The molecule has 0 aliphatic heterocycles. The van der Waals surface area contributed by atoms with Gasteiger partial charge in [0.05, 0.1) is 41.6 Å². The van der Waals surface area contributed by atoms with Crippen molar-refractivity contribution in [2.45, 2.75) is 13.2 Å². The molecule has 154 valence electrons. The van der Waals surface area contributed by atoms with Gasteiger partial charge in [0.2, 0.25) is 0 Å². The molecule has 0 spiro atoms. The number of hydrogen-bond donors (Lipinski definition) is 0. The lowest BCUT2D eigenvalue weighted by molar-refractivity contribution is 0.132. The van der Waals surface area contributed by atoms with Gasteiger partial charge in [0.1, 0.15) is 13.2 Å². The van der Waals surface area contributed by atoms with Gasteiger partial charge >= 0.3 is 0 Å². The SMILES string of the molecule is COc1cc(/C=N\OCc2ccccc2C#N)cc(Cl)c1OCc1ccccc1C#N. The number of nitrogens with zero attached hydrogens (tertiary/aromatic N) is 3. The molecule has 3 aromatic carbocycles. The Labute approximate surface area is 185 Å². The first-order valence-corrected chi connectivity index (χ1v) is 9.65. The second kappa shape index (κ2) is 10.7. The van der Waals surface area contributed by atoms with Crippen molar-refractivity contribution in [1.29, 1.82) is 10.5 Å². The second-order valence-electron chi connectivity index (χ2n) is 6.37. The Morgan fingerprint density at radius 3 is 2.16 bits per heavy atom. The van der Waals surface area contributed by atoms with Crippen molar-refractivity contribution in [2.75, 3.05) is 7.11 Å². The lowest BCUT2D eigenvalue weighted by Gasteiger charge is -2.14. The molecule has 0 fully saturated rings. The van der Waals surface area contributed by atoms with Crippen LogP contribution in [0.5, 0.6) is 11.5 Å². The highest BCUT2D eigenvalue weighted by atomic mass is 35.5. The average molecular weight is 432 g/mol. The predicted octanol–water partition coefficient (Wildman–Crippen LogP) is 5.22. The van der Waals surface area contributed by atoms with Crippen molar-refractivity contribution in [1.82, 2.24) is 0 Å². The maximum absolute atomic E-state index is 9.21. The molecular weight excluding hydrogens is 414 g/mol. The Hall–Kier alpha value is -4.00. The molecule has 0 bridgehead atoms. The number of ether oxygens (including phenoxy) is 2. The smallest absolute Gasteiger partial charge is 0.180 e. The van der Waals surface area contributed by atoms with Crippen molar-refractivity contribution < 1.29 is 14.3 Å². The van der Waals surface area contributed by atoms with Crippen LogP contribution in [0.25, 0.3) is 0 Å². The summed E-state index contributed by atoms with van der Waals surface area (Å²) in [5.74, 6) is 0.802. The number of methoxy groups -OCH3 is 1. The summed E-state index contributed by atoms with van der Waals surface area (Å²) < 4.78 is 11.2. The third-order valence-corrected chi connectivity index (χ3v) is 4.68. The Bertz CT molecular complexity index is 1180. The molecule has 0 aromatic heterocycles. The van der Waals surface area contributed by atoms with Crippen LogP contribution in [0.2, 0.25) is 5.02 Å². The molecule has 0 aliphatic rings. The molecule has 0 radical (unpaired) electrons. The fourth-order valence-electron chi connectivity index (χ4n) is 2.82. The number of nitriles is 2. The monoisotopic (exact) mass is 431 g/mol. The number of halogens is 1. The zero-order valence-corrected chi connectivity index (χ0v) is 17.5. The van der Waals surface area contributed by atoms with Crippen LogP contribution >= 0.6 is 11.6 Å². The van der Waals surface area contributed by atoms with E-state index < -0.39 is 0 Å². The Kier molecular flexibility index (Phi) is 7.48. The van der Waals surface area contributed by atoms with Crippen molar-refractivity contribution in [3.8, 4) is 23.6 Å². The molecule has 7 heteroatoms. The fraction of sp³-hybridized carbons (Fsp3) is 0.125. The minimum Gasteiger partial charge on any atom is -0.493 e. The van der Waals surface area contributed by atoms with Gasteiger partial charge in [-0.25, -0.2) is 0 Å². The molecule has 3 aromatic rings. The molecule has 0 saturated heterocycles. The van der Waals surface area contributed by atoms with E-state index in [2.05, 4.69) is 17.3 Å². The van der Waals surface area contributed by atoms with Crippen LogP contribution in [-0.4, -0.2) is 13.3 Å². The second-order valence-corrected chi connectivity index (χ2v) is 6.78. The Morgan fingerprint density at radius 1 is 0.935 bits per heavy atom. The topological polar surface area (TPSA) is 87.6 Å². The van der Waals surface area contributed by atoms with E-state index in [1.54, 1.807) is 36.4 Å². The highest BCUT2D eigenvalue weighted by molar-refractivity contribution is 6.32. The van der Waals surface area contributed by atoms with Gasteiger partial charge in [-0.3, -0.25) is 0 Å². The van der Waals surface area contributed by atoms with Gasteiger partial charge < -0.3 is 14.3 Å². The summed E-state index contributed by atoms with van der Waals surface area (Å²) in [5, 5.41) is 22.6. The lowest BCUT2D eigenvalue weighted by Crippen LogP contribution is -2.01. The van der Waals surface area contributed by atoms with Gasteiger partial charge in [0.15, 0.2) is 11.5 Å². The molecule has 6 nitrogen and oxygen atoms in total. The molecular formula is C24H18ClN3O3. The predicted molar refractivity (Wildman–Crippen MR) is 117 cm³/mol. The van der Waals surface area contributed by atoms with E-state index in [0.29, 0.717) is 33.2 Å². The number of benzene rings is 3. The van der Waals surface area contributed by atoms with E-state index in [4.69, 9.17) is 31.2 Å². The molecule has 0 unspecified atom stereocenters. The van der Waals surface area contributed by atoms with Crippen LogP contribution in [0.1, 0.15) is 27.8 Å². The quantitative estimate of drug-likeness (QED) is 0.360. The van der Waals surface area contributed by atoms with E-state index in [-0.39, 0.29) is 13.2 Å². The summed E-state index contributed by atoms with van der Waals surface area (Å²) in [6, 6.07) is 22.0. The largest absolute Gasteiger partial charge is 0.493 e. The lowest BCUT2D eigenvalue weighted by atomic mass is 10.1. The molecule has 0 aliphatic carbocycles. The van der Waals surface area contributed by atoms with Crippen molar-refractivity contribution >= 4 is 17.8 Å². The zero-order chi connectivity index (χ0) is 22.1. The van der Waals surface area contributed by atoms with Crippen LogP contribution < -0.4 is 9.47 Å². The normalized spacial score (nSPS) is 10.3. The molecule has 0 amide bonds. The van der Waals surface area contributed by atoms with Crippen molar-refractivity contribution in [3.63, 3.8) is 0 Å². The minimum absolute atomic E-state index is 0.171. The molecule has 0 saturated carbocycles. The fourth-order valence-corrected chi connectivity index (χ4v) is 3.09. The standard InChI is InChI=1S/C24H18ClN3O3/c1-29-23-11-17(14-28-31-16-21-9-5-3-7-19(21)13-27)10-22(25)24(23)30-15-20-8-4-2-6-18(20)12-26/h2-11,14H,15-16H2,1H3/b28-14-. The highest BCUT2D eigenvalue weighted by Crippen LogP contribution is 2.36. The van der Waals surface area contributed by atoms with Gasteiger partial charge in [-0.15, -0.1) is 0 Å². The summed E-state index contributed by atoms with van der Waals surface area (Å²) in [5.41, 5.74) is 3.23. The van der Waals surface area contributed by atoms with E-state index in [9.17, 15) is 5.26 Å². The van der Waals surface area contributed by atoms with E-state index in [1.807, 2.05) is 24.3 Å². The molecule has 0 atom stereocenters. The van der Waals surface area contributed by atoms with Gasteiger partial charge in [-0.2, -0.15) is 10.5 Å². The van der Waals surface area contributed by atoms with Gasteiger partial charge in [0.25, 0.3) is 0 Å². The minimum atomic E-state index is 0.171. The van der Waals surface area contributed by atoms with Crippen LogP contribution in [0.4, 0.5) is 0 Å². The first-order valence-electron chi connectivity index (χ1n) is 9.28. The summed E-state index contributed by atoms with van der Waals surface area (Å²) in [7, 11) is 1.51. The molecule has 0 N–H and O–H groups in total. The highest BCUT2D eigenvalue weighted by Gasteiger charge is 2.13. The number of oxime groups is 1. The van der Waals surface area contributed by atoms with Crippen LogP contribution in [0.15, 0.2) is 65.8 Å².